The third kappa shape index (κ3) is 2.54. The Kier molecular flexibility index (Phi) is 3.69. The molecule has 0 aliphatic rings. The number of imidazole rings is 1. The third-order valence-corrected chi connectivity index (χ3v) is 4.43. The Morgan fingerprint density at radius 1 is 1.14 bits per heavy atom. The van der Waals surface area contributed by atoms with Crippen LogP contribution in [0.15, 0.2) is 45.7 Å². The smallest absolute Gasteiger partial charge is 0.320 e. The van der Waals surface area contributed by atoms with Crippen LogP contribution in [0.5, 0.6) is 0 Å². The molecule has 0 aliphatic carbocycles. The highest BCUT2D eigenvalue weighted by Crippen LogP contribution is 2.31. The first kappa shape index (κ1) is 14.1. The average Bonchev–Trinajstić information content (AvgIpc) is 2.84. The van der Waals surface area contributed by atoms with Crippen molar-refractivity contribution in [3.63, 3.8) is 0 Å². The van der Waals surface area contributed by atoms with Crippen LogP contribution in [0.25, 0.3) is 11.0 Å². The Morgan fingerprint density at radius 2 is 1.81 bits per heavy atom. The first-order valence-corrected chi connectivity index (χ1v) is 7.64. The van der Waals surface area contributed by atoms with Crippen molar-refractivity contribution in [1.82, 2.24) is 9.97 Å². The molecule has 1 atom stereocenters. The number of halogens is 1. The summed E-state index contributed by atoms with van der Waals surface area (Å²) < 4.78 is 0.892. The molecule has 1 unspecified atom stereocenters. The van der Waals surface area contributed by atoms with E-state index in [-0.39, 0.29) is 11.7 Å². The molecule has 0 saturated carbocycles. The van der Waals surface area contributed by atoms with Crippen molar-refractivity contribution < 1.29 is 0 Å². The second-order valence-electron chi connectivity index (χ2n) is 5.03. The van der Waals surface area contributed by atoms with Gasteiger partial charge in [0.2, 0.25) is 0 Å². The van der Waals surface area contributed by atoms with Crippen LogP contribution in [0.1, 0.15) is 29.7 Å². The highest BCUT2D eigenvalue weighted by Gasteiger charge is 2.16. The van der Waals surface area contributed by atoms with Crippen molar-refractivity contribution in [2.75, 3.05) is 0 Å². The summed E-state index contributed by atoms with van der Waals surface area (Å²) >= 11 is 3.56. The molecule has 0 radical (unpaired) electrons. The fourth-order valence-corrected chi connectivity index (χ4v) is 3.23. The molecule has 0 bridgehead atoms. The van der Waals surface area contributed by atoms with E-state index >= 15 is 0 Å². The van der Waals surface area contributed by atoms with Gasteiger partial charge in [0.25, 0.3) is 0 Å². The van der Waals surface area contributed by atoms with Gasteiger partial charge in [0.05, 0.1) is 17.1 Å². The summed E-state index contributed by atoms with van der Waals surface area (Å²) in [6.07, 6.45) is 0.935. The predicted molar refractivity (Wildman–Crippen MR) is 88.5 cm³/mol. The molecule has 0 spiro atoms. The zero-order valence-corrected chi connectivity index (χ0v) is 13.2. The van der Waals surface area contributed by atoms with Gasteiger partial charge in [0.15, 0.2) is 0 Å². The average molecular weight is 346 g/mol. The number of hydrogen-bond acceptors (Lipinski definition) is 2. The second-order valence-corrected chi connectivity index (χ2v) is 5.88. The number of rotatable bonds is 3. The van der Waals surface area contributed by atoms with Crippen molar-refractivity contribution in [3.05, 3.63) is 68.0 Å². The van der Waals surface area contributed by atoms with Gasteiger partial charge in [0.1, 0.15) is 0 Å². The second kappa shape index (κ2) is 5.50. The quantitative estimate of drug-likeness (QED) is 0.681. The van der Waals surface area contributed by atoms with E-state index in [1.54, 1.807) is 0 Å². The molecule has 0 saturated heterocycles. The van der Waals surface area contributed by atoms with Gasteiger partial charge in [-0.1, -0.05) is 47.1 Å². The number of aryl methyl sites for hydroxylation is 1. The summed E-state index contributed by atoms with van der Waals surface area (Å²) in [6.45, 7) is 2.12. The molecule has 1 heterocycles. The Balaban J connectivity index is 2.14. The van der Waals surface area contributed by atoms with Crippen LogP contribution in [0, 0.1) is 0 Å². The summed E-state index contributed by atoms with van der Waals surface area (Å²) in [5.74, 6) is 0. The number of nitrogens with two attached hydrogens (primary N) is 1. The number of aromatic nitrogens is 2. The van der Waals surface area contributed by atoms with E-state index in [1.165, 1.54) is 5.56 Å². The van der Waals surface area contributed by atoms with E-state index in [1.807, 2.05) is 24.3 Å². The molecule has 0 amide bonds. The number of H-pyrrole nitrogens is 2. The molecule has 1 aromatic heterocycles. The van der Waals surface area contributed by atoms with Crippen LogP contribution in [-0.4, -0.2) is 9.97 Å². The molecule has 4 N–H and O–H groups in total. The predicted octanol–water partition coefficient (Wildman–Crippen LogP) is 3.23. The number of benzene rings is 2. The zero-order chi connectivity index (χ0) is 15.0. The van der Waals surface area contributed by atoms with E-state index in [0.717, 1.165) is 33.1 Å². The number of fused-ring (bicyclic) bond motifs is 1. The fourth-order valence-electron chi connectivity index (χ4n) is 2.64. The van der Waals surface area contributed by atoms with Crippen molar-refractivity contribution in [2.24, 2.45) is 5.73 Å². The molecule has 3 aromatic rings. The van der Waals surface area contributed by atoms with Crippen LogP contribution in [-0.2, 0) is 6.42 Å². The maximum absolute atomic E-state index is 11.4. The fraction of sp³-hybridized carbons (Fsp3) is 0.188. The van der Waals surface area contributed by atoms with Crippen LogP contribution in [0.2, 0.25) is 0 Å². The number of hydrogen-bond donors (Lipinski definition) is 3. The standard InChI is InChI=1S/C16H16BrN3O/c1-2-9-5-3-4-6-10(9)15(18)11-7-13-14(8-12(11)17)20-16(21)19-13/h3-8,15H,2,18H2,1H3,(H2,19,20,21). The summed E-state index contributed by atoms with van der Waals surface area (Å²) in [6, 6.07) is 11.7. The van der Waals surface area contributed by atoms with Crippen molar-refractivity contribution in [2.45, 2.75) is 19.4 Å². The van der Waals surface area contributed by atoms with Gasteiger partial charge < -0.3 is 15.7 Å². The lowest BCUT2D eigenvalue weighted by Crippen LogP contribution is -2.14. The minimum absolute atomic E-state index is 0.212. The summed E-state index contributed by atoms with van der Waals surface area (Å²) in [7, 11) is 0. The SMILES string of the molecule is CCc1ccccc1C(N)c1cc2[nH]c(=O)[nH]c2cc1Br. The topological polar surface area (TPSA) is 74.7 Å². The van der Waals surface area contributed by atoms with E-state index in [9.17, 15) is 4.79 Å². The summed E-state index contributed by atoms with van der Waals surface area (Å²) in [5, 5.41) is 0. The maximum atomic E-state index is 11.4. The zero-order valence-electron chi connectivity index (χ0n) is 11.6. The maximum Gasteiger partial charge on any atom is 0.323 e. The molecule has 3 rings (SSSR count). The van der Waals surface area contributed by atoms with E-state index in [4.69, 9.17) is 5.73 Å². The van der Waals surface area contributed by atoms with E-state index < -0.39 is 0 Å². The Bertz CT molecular complexity index is 850. The highest BCUT2D eigenvalue weighted by molar-refractivity contribution is 9.10. The normalized spacial score (nSPS) is 12.7. The Morgan fingerprint density at radius 3 is 2.52 bits per heavy atom. The van der Waals surface area contributed by atoms with Crippen LogP contribution >= 0.6 is 15.9 Å². The van der Waals surface area contributed by atoms with Crippen molar-refractivity contribution >= 4 is 27.0 Å². The lowest BCUT2D eigenvalue weighted by molar-refractivity contribution is 0.846. The van der Waals surface area contributed by atoms with Crippen LogP contribution in [0.3, 0.4) is 0 Å². The molecule has 21 heavy (non-hydrogen) atoms. The lowest BCUT2D eigenvalue weighted by Gasteiger charge is -2.17. The van der Waals surface area contributed by atoms with Gasteiger partial charge in [-0.3, -0.25) is 0 Å². The third-order valence-electron chi connectivity index (χ3n) is 3.74. The van der Waals surface area contributed by atoms with E-state index in [0.29, 0.717) is 0 Å². The highest BCUT2D eigenvalue weighted by atomic mass is 79.9. The Hall–Kier alpha value is -1.85. The molecule has 5 heteroatoms. The molecular formula is C16H16BrN3O. The molecule has 4 nitrogen and oxygen atoms in total. The molecule has 0 aliphatic heterocycles. The molecule has 0 fully saturated rings. The van der Waals surface area contributed by atoms with Crippen LogP contribution in [0.4, 0.5) is 0 Å². The van der Waals surface area contributed by atoms with Crippen LogP contribution < -0.4 is 11.4 Å². The lowest BCUT2D eigenvalue weighted by atomic mass is 9.94. The largest absolute Gasteiger partial charge is 0.323 e. The van der Waals surface area contributed by atoms with Gasteiger partial charge in [-0.05, 0) is 35.2 Å². The summed E-state index contributed by atoms with van der Waals surface area (Å²) in [5.41, 5.74) is 11.1. The van der Waals surface area contributed by atoms with Gasteiger partial charge in [-0.25, -0.2) is 4.79 Å². The molecule has 2 aromatic carbocycles. The molecule has 108 valence electrons. The minimum atomic E-state index is -0.238. The van der Waals surface area contributed by atoms with Crippen molar-refractivity contribution in [1.29, 1.82) is 0 Å². The molecular weight excluding hydrogens is 330 g/mol. The van der Waals surface area contributed by atoms with Gasteiger partial charge >= 0.3 is 5.69 Å². The van der Waals surface area contributed by atoms with Gasteiger partial charge in [0, 0.05) is 4.47 Å². The van der Waals surface area contributed by atoms with Gasteiger partial charge in [-0.2, -0.15) is 0 Å². The number of nitrogens with one attached hydrogen (secondary N) is 2. The van der Waals surface area contributed by atoms with Crippen molar-refractivity contribution in [3.8, 4) is 0 Å². The number of aromatic amines is 2. The Labute approximate surface area is 130 Å². The van der Waals surface area contributed by atoms with Gasteiger partial charge in [-0.15, -0.1) is 0 Å². The minimum Gasteiger partial charge on any atom is -0.320 e. The summed E-state index contributed by atoms with van der Waals surface area (Å²) in [4.78, 5) is 16.9. The monoisotopic (exact) mass is 345 g/mol. The first-order chi connectivity index (χ1) is 10.1. The first-order valence-electron chi connectivity index (χ1n) is 6.85. The van der Waals surface area contributed by atoms with E-state index in [2.05, 4.69) is 45.0 Å².